The fourth-order valence-electron chi connectivity index (χ4n) is 3.66. The van der Waals surface area contributed by atoms with E-state index in [9.17, 15) is 22.8 Å². The average Bonchev–Trinajstić information content (AvgIpc) is 3.43. The highest BCUT2D eigenvalue weighted by molar-refractivity contribution is 6.31. The van der Waals surface area contributed by atoms with E-state index in [0.717, 1.165) is 6.07 Å². The molecule has 1 atom stereocenters. The smallest absolute Gasteiger partial charge is 0.418 e. The Kier molecular flexibility index (Phi) is 6.03. The van der Waals surface area contributed by atoms with Gasteiger partial charge in [-0.2, -0.15) is 18.3 Å². The van der Waals surface area contributed by atoms with Crippen molar-refractivity contribution < 1.29 is 27.5 Å². The second-order valence-electron chi connectivity index (χ2n) is 7.39. The number of hydrogen-bond donors (Lipinski definition) is 1. The molecular weight excluding hydrogens is 461 g/mol. The van der Waals surface area contributed by atoms with Crippen LogP contribution in [0.15, 0.2) is 54.9 Å². The van der Waals surface area contributed by atoms with E-state index in [4.69, 9.17) is 16.3 Å². The first kappa shape index (κ1) is 22.7. The molecule has 1 saturated heterocycles. The number of amides is 2. The first-order valence-corrected chi connectivity index (χ1v) is 10.2. The van der Waals surface area contributed by atoms with E-state index in [2.05, 4.69) is 10.4 Å². The normalized spacial score (nSPS) is 16.2. The Hall–Kier alpha value is -3.53. The Morgan fingerprint density at radius 3 is 2.70 bits per heavy atom. The van der Waals surface area contributed by atoms with E-state index >= 15 is 0 Å². The fraction of sp³-hybridized carbons (Fsp3) is 0.227. The van der Waals surface area contributed by atoms with Crippen LogP contribution in [-0.2, 0) is 15.8 Å². The molecule has 1 aromatic heterocycles. The van der Waals surface area contributed by atoms with Gasteiger partial charge in [0.2, 0.25) is 11.8 Å². The number of rotatable bonds is 5. The van der Waals surface area contributed by atoms with Crippen LogP contribution in [0.2, 0.25) is 5.02 Å². The number of carbonyl (C=O) groups is 2. The van der Waals surface area contributed by atoms with E-state index in [1.807, 2.05) is 0 Å². The third-order valence-corrected chi connectivity index (χ3v) is 5.50. The van der Waals surface area contributed by atoms with Crippen molar-refractivity contribution in [2.24, 2.45) is 5.92 Å². The molecule has 7 nitrogen and oxygen atoms in total. The van der Waals surface area contributed by atoms with Crippen molar-refractivity contribution >= 4 is 34.8 Å². The highest BCUT2D eigenvalue weighted by atomic mass is 35.5. The number of carbonyl (C=O) groups excluding carboxylic acids is 2. The molecule has 172 valence electrons. The number of benzene rings is 2. The molecule has 33 heavy (non-hydrogen) atoms. The van der Waals surface area contributed by atoms with Crippen LogP contribution in [0.5, 0.6) is 5.75 Å². The highest BCUT2D eigenvalue weighted by Gasteiger charge is 2.38. The monoisotopic (exact) mass is 478 g/mol. The van der Waals surface area contributed by atoms with Gasteiger partial charge in [0.05, 0.1) is 35.7 Å². The van der Waals surface area contributed by atoms with Crippen molar-refractivity contribution in [3.05, 3.63) is 65.4 Å². The molecule has 0 saturated carbocycles. The van der Waals surface area contributed by atoms with Crippen LogP contribution in [0.4, 0.5) is 24.5 Å². The van der Waals surface area contributed by atoms with Crippen LogP contribution in [0.25, 0.3) is 5.69 Å². The predicted molar refractivity (Wildman–Crippen MR) is 116 cm³/mol. The molecule has 1 fully saturated rings. The lowest BCUT2D eigenvalue weighted by molar-refractivity contribution is -0.137. The Morgan fingerprint density at radius 2 is 2.03 bits per heavy atom. The maximum Gasteiger partial charge on any atom is 0.418 e. The molecular formula is C22H18ClF3N4O3. The Bertz CT molecular complexity index is 1200. The quantitative estimate of drug-likeness (QED) is 0.584. The zero-order valence-electron chi connectivity index (χ0n) is 17.3. The van der Waals surface area contributed by atoms with E-state index in [1.54, 1.807) is 18.2 Å². The van der Waals surface area contributed by atoms with Gasteiger partial charge in [-0.05, 0) is 42.5 Å². The predicted octanol–water partition coefficient (Wildman–Crippen LogP) is 4.54. The van der Waals surface area contributed by atoms with Crippen molar-refractivity contribution in [3.8, 4) is 11.4 Å². The third-order valence-electron chi connectivity index (χ3n) is 5.26. The maximum atomic E-state index is 13.7. The first-order valence-electron chi connectivity index (χ1n) is 9.83. The number of nitrogens with zero attached hydrogens (tertiary/aromatic N) is 3. The summed E-state index contributed by atoms with van der Waals surface area (Å²) < 4.78 is 47.6. The summed E-state index contributed by atoms with van der Waals surface area (Å²) in [6.07, 6.45) is -1.91. The molecule has 1 aliphatic heterocycles. The van der Waals surface area contributed by atoms with Crippen molar-refractivity contribution in [1.82, 2.24) is 9.78 Å². The van der Waals surface area contributed by atoms with Gasteiger partial charge in [-0.3, -0.25) is 9.59 Å². The molecule has 1 aliphatic rings. The maximum absolute atomic E-state index is 13.7. The molecule has 2 aromatic carbocycles. The summed E-state index contributed by atoms with van der Waals surface area (Å²) >= 11 is 6.03. The summed E-state index contributed by atoms with van der Waals surface area (Å²) in [7, 11) is 1.43. The molecule has 1 N–H and O–H groups in total. The molecule has 0 bridgehead atoms. The lowest BCUT2D eigenvalue weighted by atomic mass is 10.1. The van der Waals surface area contributed by atoms with E-state index in [1.165, 1.54) is 47.3 Å². The summed E-state index contributed by atoms with van der Waals surface area (Å²) in [6.45, 7) is -0.0198. The molecule has 1 unspecified atom stereocenters. The van der Waals surface area contributed by atoms with Gasteiger partial charge in [-0.15, -0.1) is 0 Å². The molecule has 2 heterocycles. The SMILES string of the molecule is COc1ccc(Cl)cc1N1CC(C(=O)Nc2ccc(-n3cccn3)cc2C(F)(F)F)CC1=O. The number of methoxy groups -OCH3 is 1. The highest BCUT2D eigenvalue weighted by Crippen LogP contribution is 2.38. The van der Waals surface area contributed by atoms with Gasteiger partial charge in [0.1, 0.15) is 5.75 Å². The van der Waals surface area contributed by atoms with Gasteiger partial charge >= 0.3 is 6.18 Å². The van der Waals surface area contributed by atoms with Gasteiger partial charge in [-0.1, -0.05) is 11.6 Å². The van der Waals surface area contributed by atoms with Gasteiger partial charge in [-0.25, -0.2) is 4.68 Å². The number of halogens is 4. The van der Waals surface area contributed by atoms with Crippen LogP contribution in [0.1, 0.15) is 12.0 Å². The van der Waals surface area contributed by atoms with Gasteiger partial charge in [0.15, 0.2) is 0 Å². The van der Waals surface area contributed by atoms with E-state index in [0.29, 0.717) is 16.5 Å². The third kappa shape index (κ3) is 4.65. The Labute approximate surface area is 191 Å². The van der Waals surface area contributed by atoms with Crippen molar-refractivity contribution in [1.29, 1.82) is 0 Å². The van der Waals surface area contributed by atoms with E-state index < -0.39 is 29.3 Å². The second-order valence-corrected chi connectivity index (χ2v) is 7.83. The Balaban J connectivity index is 1.57. The van der Waals surface area contributed by atoms with Crippen LogP contribution in [0, 0.1) is 5.92 Å². The minimum absolute atomic E-state index is 0.0198. The number of ether oxygens (including phenoxy) is 1. The number of aromatic nitrogens is 2. The minimum atomic E-state index is -4.71. The standard InChI is InChI=1S/C22H18ClF3N4O3/c1-33-19-6-3-14(23)10-18(19)29-12-13(9-20(29)31)21(32)28-17-5-4-15(30-8-2-7-27-30)11-16(17)22(24,25)26/h2-8,10-11,13H,9,12H2,1H3,(H,28,32). The largest absolute Gasteiger partial charge is 0.495 e. The molecule has 0 spiro atoms. The zero-order chi connectivity index (χ0) is 23.8. The summed E-state index contributed by atoms with van der Waals surface area (Å²) in [5.41, 5.74) is -0.818. The summed E-state index contributed by atoms with van der Waals surface area (Å²) in [5, 5.41) is 6.64. The summed E-state index contributed by atoms with van der Waals surface area (Å²) in [4.78, 5) is 26.7. The molecule has 11 heteroatoms. The number of alkyl halides is 3. The van der Waals surface area contributed by atoms with Crippen molar-refractivity contribution in [3.63, 3.8) is 0 Å². The summed E-state index contributed by atoms with van der Waals surface area (Å²) in [5.74, 6) is -1.51. The molecule has 0 radical (unpaired) electrons. The first-order chi connectivity index (χ1) is 15.7. The van der Waals surface area contributed by atoms with Crippen LogP contribution < -0.4 is 15.0 Å². The minimum Gasteiger partial charge on any atom is -0.495 e. The average molecular weight is 479 g/mol. The second kappa shape index (κ2) is 8.78. The molecule has 4 rings (SSSR count). The van der Waals surface area contributed by atoms with Crippen LogP contribution in [-0.4, -0.2) is 35.2 Å². The van der Waals surface area contributed by atoms with Crippen LogP contribution in [0.3, 0.4) is 0 Å². The summed E-state index contributed by atoms with van der Waals surface area (Å²) in [6, 6.07) is 9.81. The topological polar surface area (TPSA) is 76.5 Å². The number of anilines is 2. The molecule has 3 aromatic rings. The Morgan fingerprint density at radius 1 is 1.24 bits per heavy atom. The van der Waals surface area contributed by atoms with Gasteiger partial charge in [0.25, 0.3) is 0 Å². The van der Waals surface area contributed by atoms with E-state index in [-0.39, 0.29) is 24.6 Å². The zero-order valence-corrected chi connectivity index (χ0v) is 18.0. The number of nitrogens with one attached hydrogen (secondary N) is 1. The van der Waals surface area contributed by atoms with Gasteiger partial charge < -0.3 is 15.0 Å². The number of hydrogen-bond acceptors (Lipinski definition) is 4. The van der Waals surface area contributed by atoms with Crippen LogP contribution >= 0.6 is 11.6 Å². The van der Waals surface area contributed by atoms with Gasteiger partial charge in [0, 0.05) is 30.4 Å². The lowest BCUT2D eigenvalue weighted by Crippen LogP contribution is -2.29. The molecule has 2 amide bonds. The van der Waals surface area contributed by atoms with Crippen molar-refractivity contribution in [2.75, 3.05) is 23.9 Å². The molecule has 0 aliphatic carbocycles. The lowest BCUT2D eigenvalue weighted by Gasteiger charge is -2.20. The van der Waals surface area contributed by atoms with Crippen molar-refractivity contribution in [2.45, 2.75) is 12.6 Å². The fourth-order valence-corrected chi connectivity index (χ4v) is 3.83.